The van der Waals surface area contributed by atoms with Crippen molar-refractivity contribution in [2.24, 2.45) is 0 Å². The normalized spacial score (nSPS) is 12.9. The predicted octanol–water partition coefficient (Wildman–Crippen LogP) is 3.05. The summed E-state index contributed by atoms with van der Waals surface area (Å²) in [7, 11) is 0. The van der Waals surface area contributed by atoms with Crippen molar-refractivity contribution in [2.45, 2.75) is 26.1 Å². The highest BCUT2D eigenvalue weighted by molar-refractivity contribution is 5.94. The van der Waals surface area contributed by atoms with Gasteiger partial charge in [-0.25, -0.2) is 4.39 Å². The molecule has 0 aliphatic carbocycles. The standard InChI is InChI=1S/C15H15F4N3O3/c1-3-24-8(2)7-20-13(23)10-5-4-9(6-11(10)16)12-21-14(25-22-12)15(17,18)19/h4-6,8H,3,7H2,1-2H3,(H,20,23). The molecule has 0 aliphatic heterocycles. The summed E-state index contributed by atoms with van der Waals surface area (Å²) in [6, 6.07) is 3.23. The van der Waals surface area contributed by atoms with E-state index in [1.54, 1.807) is 13.8 Å². The Balaban J connectivity index is 2.12. The number of ether oxygens (including phenoxy) is 1. The molecule has 1 unspecified atom stereocenters. The van der Waals surface area contributed by atoms with Crippen LogP contribution in [0.5, 0.6) is 0 Å². The summed E-state index contributed by atoms with van der Waals surface area (Å²) in [4.78, 5) is 15.1. The van der Waals surface area contributed by atoms with E-state index in [2.05, 4.69) is 20.0 Å². The van der Waals surface area contributed by atoms with Crippen LogP contribution in [-0.4, -0.2) is 35.3 Å². The smallest absolute Gasteiger partial charge is 0.377 e. The zero-order chi connectivity index (χ0) is 18.6. The van der Waals surface area contributed by atoms with Crippen molar-refractivity contribution < 1.29 is 31.6 Å². The molecule has 1 aromatic carbocycles. The molecular weight excluding hydrogens is 346 g/mol. The summed E-state index contributed by atoms with van der Waals surface area (Å²) in [6.07, 6.45) is -5.03. The Hall–Kier alpha value is -2.49. The molecule has 2 rings (SSSR count). The predicted molar refractivity (Wildman–Crippen MR) is 78.1 cm³/mol. The molecule has 0 aliphatic rings. The van der Waals surface area contributed by atoms with Crippen LogP contribution in [0.15, 0.2) is 22.7 Å². The van der Waals surface area contributed by atoms with E-state index in [0.29, 0.717) is 6.61 Å². The molecule has 6 nitrogen and oxygen atoms in total. The maximum absolute atomic E-state index is 14.1. The second-order valence-electron chi connectivity index (χ2n) is 5.09. The number of alkyl halides is 3. The summed E-state index contributed by atoms with van der Waals surface area (Å²) >= 11 is 0. The molecule has 136 valence electrons. The quantitative estimate of drug-likeness (QED) is 0.801. The lowest BCUT2D eigenvalue weighted by Gasteiger charge is -2.13. The highest BCUT2D eigenvalue weighted by Crippen LogP contribution is 2.29. The maximum atomic E-state index is 14.1. The van der Waals surface area contributed by atoms with Gasteiger partial charge in [0.1, 0.15) is 5.82 Å². The van der Waals surface area contributed by atoms with Gasteiger partial charge >= 0.3 is 12.1 Å². The summed E-state index contributed by atoms with van der Waals surface area (Å²) in [5.74, 6) is -3.55. The fourth-order valence-electron chi connectivity index (χ4n) is 1.97. The zero-order valence-electron chi connectivity index (χ0n) is 13.4. The van der Waals surface area contributed by atoms with Gasteiger partial charge in [0.05, 0.1) is 11.7 Å². The minimum absolute atomic E-state index is 0.0454. The van der Waals surface area contributed by atoms with Crippen molar-refractivity contribution in [1.82, 2.24) is 15.5 Å². The van der Waals surface area contributed by atoms with E-state index in [1.165, 1.54) is 6.07 Å². The topological polar surface area (TPSA) is 77.2 Å². The van der Waals surface area contributed by atoms with Crippen LogP contribution in [0.2, 0.25) is 0 Å². The molecule has 1 amide bonds. The van der Waals surface area contributed by atoms with Crippen molar-refractivity contribution in [3.05, 3.63) is 35.5 Å². The van der Waals surface area contributed by atoms with Gasteiger partial charge in [-0.1, -0.05) is 11.2 Å². The molecule has 0 saturated heterocycles. The van der Waals surface area contributed by atoms with Crippen molar-refractivity contribution in [1.29, 1.82) is 0 Å². The molecule has 1 N–H and O–H groups in total. The highest BCUT2D eigenvalue weighted by Gasteiger charge is 2.38. The van der Waals surface area contributed by atoms with Crippen molar-refractivity contribution in [2.75, 3.05) is 13.2 Å². The van der Waals surface area contributed by atoms with Gasteiger partial charge in [-0.05, 0) is 26.0 Å². The van der Waals surface area contributed by atoms with E-state index < -0.39 is 29.6 Å². The molecule has 0 fully saturated rings. The van der Waals surface area contributed by atoms with Crippen LogP contribution in [0.1, 0.15) is 30.1 Å². The molecule has 25 heavy (non-hydrogen) atoms. The average molecular weight is 361 g/mol. The van der Waals surface area contributed by atoms with Crippen LogP contribution in [0.25, 0.3) is 11.4 Å². The first kappa shape index (κ1) is 18.8. The Bertz CT molecular complexity index is 746. The third-order valence-electron chi connectivity index (χ3n) is 3.14. The number of hydrogen-bond donors (Lipinski definition) is 1. The van der Waals surface area contributed by atoms with Crippen LogP contribution in [-0.2, 0) is 10.9 Å². The van der Waals surface area contributed by atoms with Gasteiger partial charge in [0.15, 0.2) is 0 Å². The van der Waals surface area contributed by atoms with E-state index in [9.17, 15) is 22.4 Å². The van der Waals surface area contributed by atoms with Gasteiger partial charge in [-0.15, -0.1) is 0 Å². The fraction of sp³-hybridized carbons (Fsp3) is 0.400. The number of aromatic nitrogens is 2. The average Bonchev–Trinajstić information content (AvgIpc) is 3.03. The molecule has 0 saturated carbocycles. The van der Waals surface area contributed by atoms with Crippen LogP contribution in [0, 0.1) is 5.82 Å². The first-order chi connectivity index (χ1) is 11.7. The van der Waals surface area contributed by atoms with Crippen LogP contribution in [0.3, 0.4) is 0 Å². The van der Waals surface area contributed by atoms with Crippen LogP contribution < -0.4 is 5.32 Å². The largest absolute Gasteiger partial charge is 0.471 e. The second kappa shape index (κ2) is 7.60. The molecule has 10 heteroatoms. The Labute approximate surface area is 140 Å². The van der Waals surface area contributed by atoms with Gasteiger partial charge in [0, 0.05) is 18.7 Å². The number of amides is 1. The van der Waals surface area contributed by atoms with Crippen molar-refractivity contribution >= 4 is 5.91 Å². The Kier molecular flexibility index (Phi) is 5.73. The molecule has 2 aromatic rings. The van der Waals surface area contributed by atoms with Gasteiger partial charge in [0.25, 0.3) is 5.91 Å². The van der Waals surface area contributed by atoms with Gasteiger partial charge in [-0.3, -0.25) is 4.79 Å². The van der Waals surface area contributed by atoms with Gasteiger partial charge in [0.2, 0.25) is 5.82 Å². The summed E-state index contributed by atoms with van der Waals surface area (Å²) in [6.45, 7) is 4.22. The molecule has 0 radical (unpaired) electrons. The molecular formula is C15H15F4N3O3. The minimum atomic E-state index is -4.79. The number of nitrogens with one attached hydrogen (secondary N) is 1. The fourth-order valence-corrected chi connectivity index (χ4v) is 1.97. The summed E-state index contributed by atoms with van der Waals surface area (Å²) in [5.41, 5.74) is -0.303. The number of carbonyl (C=O) groups excluding carboxylic acids is 1. The highest BCUT2D eigenvalue weighted by atomic mass is 19.4. The minimum Gasteiger partial charge on any atom is -0.377 e. The second-order valence-corrected chi connectivity index (χ2v) is 5.09. The third-order valence-corrected chi connectivity index (χ3v) is 3.14. The van der Waals surface area contributed by atoms with E-state index in [-0.39, 0.29) is 23.8 Å². The third kappa shape index (κ3) is 4.75. The molecule has 0 spiro atoms. The Morgan fingerprint density at radius 3 is 2.68 bits per heavy atom. The van der Waals surface area contributed by atoms with Crippen LogP contribution in [0.4, 0.5) is 17.6 Å². The number of hydrogen-bond acceptors (Lipinski definition) is 5. The Morgan fingerprint density at radius 2 is 2.12 bits per heavy atom. The van der Waals surface area contributed by atoms with Crippen molar-refractivity contribution in [3.8, 4) is 11.4 Å². The maximum Gasteiger partial charge on any atom is 0.471 e. The van der Waals surface area contributed by atoms with Gasteiger partial charge in [-0.2, -0.15) is 18.2 Å². The number of halogens is 4. The Morgan fingerprint density at radius 1 is 1.40 bits per heavy atom. The van der Waals surface area contributed by atoms with Crippen molar-refractivity contribution in [3.63, 3.8) is 0 Å². The summed E-state index contributed by atoms with van der Waals surface area (Å²) < 4.78 is 60.7. The first-order valence-electron chi connectivity index (χ1n) is 7.33. The SMILES string of the molecule is CCOC(C)CNC(=O)c1ccc(-c2noc(C(F)(F)F)n2)cc1F. The number of rotatable bonds is 6. The molecule has 1 heterocycles. The lowest BCUT2D eigenvalue weighted by atomic mass is 10.1. The van der Waals surface area contributed by atoms with Crippen LogP contribution >= 0.6 is 0 Å². The number of carbonyl (C=O) groups is 1. The number of nitrogens with zero attached hydrogens (tertiary/aromatic N) is 2. The first-order valence-corrected chi connectivity index (χ1v) is 7.33. The van der Waals surface area contributed by atoms with E-state index in [4.69, 9.17) is 4.74 Å². The molecule has 1 atom stereocenters. The van der Waals surface area contributed by atoms with Gasteiger partial charge < -0.3 is 14.6 Å². The van der Waals surface area contributed by atoms with E-state index in [0.717, 1.165) is 12.1 Å². The number of benzene rings is 1. The monoisotopic (exact) mass is 361 g/mol. The van der Waals surface area contributed by atoms with E-state index in [1.807, 2.05) is 0 Å². The van der Waals surface area contributed by atoms with E-state index >= 15 is 0 Å². The molecule has 0 bridgehead atoms. The summed E-state index contributed by atoms with van der Waals surface area (Å²) in [5, 5.41) is 5.66. The lowest BCUT2D eigenvalue weighted by molar-refractivity contribution is -0.159. The zero-order valence-corrected chi connectivity index (χ0v) is 13.4. The lowest BCUT2D eigenvalue weighted by Crippen LogP contribution is -2.32. The molecule has 1 aromatic heterocycles.